The molecule has 0 aromatic heterocycles. The van der Waals surface area contributed by atoms with Gasteiger partial charge in [0.15, 0.2) is 5.75 Å². The van der Waals surface area contributed by atoms with Crippen LogP contribution in [0.1, 0.15) is 25.7 Å². The van der Waals surface area contributed by atoms with E-state index in [1.54, 1.807) is 0 Å². The Labute approximate surface area is 121 Å². The molecule has 7 heteroatoms. The molecule has 0 amide bonds. The van der Waals surface area contributed by atoms with E-state index in [0.29, 0.717) is 6.54 Å². The first-order valence-corrected chi connectivity index (χ1v) is 6.91. The summed E-state index contributed by atoms with van der Waals surface area (Å²) in [6, 6.07) is 1.95. The molecule has 0 heterocycles. The molecule has 2 rings (SSSR count). The van der Waals surface area contributed by atoms with Gasteiger partial charge < -0.3 is 10.5 Å². The number of hydrogen-bond acceptors (Lipinski definition) is 4. The average Bonchev–Trinajstić information content (AvgIpc) is 2.43. The van der Waals surface area contributed by atoms with Crippen molar-refractivity contribution in [3.63, 3.8) is 0 Å². The highest BCUT2D eigenvalue weighted by molar-refractivity contribution is 6.31. The van der Waals surface area contributed by atoms with Gasteiger partial charge in [0, 0.05) is 12.0 Å². The third-order valence-corrected chi connectivity index (χ3v) is 3.91. The Hall–Kier alpha value is -1.40. The molecule has 1 saturated carbocycles. The maximum absolute atomic E-state index is 13.3. The van der Waals surface area contributed by atoms with E-state index >= 15 is 0 Å². The molecule has 2 N–H and O–H groups in total. The normalized spacial score (nSPS) is 22.6. The number of rotatable bonds is 4. The fourth-order valence-electron chi connectivity index (χ4n) is 2.52. The van der Waals surface area contributed by atoms with Gasteiger partial charge in [-0.15, -0.1) is 0 Å². The van der Waals surface area contributed by atoms with Crippen LogP contribution in [0.4, 0.5) is 10.1 Å². The number of halogens is 2. The third-order valence-electron chi connectivity index (χ3n) is 3.62. The van der Waals surface area contributed by atoms with Crippen LogP contribution in [-0.2, 0) is 0 Å². The summed E-state index contributed by atoms with van der Waals surface area (Å²) in [5, 5.41) is 10.8. The van der Waals surface area contributed by atoms with Gasteiger partial charge in [0.05, 0.1) is 16.0 Å². The fourth-order valence-corrected chi connectivity index (χ4v) is 2.67. The molecule has 110 valence electrons. The van der Waals surface area contributed by atoms with Crippen molar-refractivity contribution in [2.45, 2.75) is 31.8 Å². The van der Waals surface area contributed by atoms with Gasteiger partial charge in [-0.1, -0.05) is 18.0 Å². The number of nitrogens with two attached hydrogens (primary N) is 1. The fraction of sp³-hybridized carbons (Fsp3) is 0.538. The minimum absolute atomic E-state index is 0.00625. The molecule has 1 fully saturated rings. The summed E-state index contributed by atoms with van der Waals surface area (Å²) in [6.45, 7) is 0.466. The predicted octanol–water partition coefficient (Wildman–Crippen LogP) is 3.28. The maximum atomic E-state index is 13.3. The zero-order chi connectivity index (χ0) is 14.7. The zero-order valence-electron chi connectivity index (χ0n) is 10.9. The van der Waals surface area contributed by atoms with Gasteiger partial charge in [0.2, 0.25) is 0 Å². The van der Waals surface area contributed by atoms with Gasteiger partial charge >= 0.3 is 5.69 Å². The maximum Gasteiger partial charge on any atom is 0.313 e. The molecule has 2 unspecified atom stereocenters. The van der Waals surface area contributed by atoms with E-state index in [1.165, 1.54) is 0 Å². The SMILES string of the molecule is NCC1CCCCC1Oc1cc(Cl)c(F)cc1[N+](=O)[O-]. The van der Waals surface area contributed by atoms with Crippen molar-refractivity contribution in [1.29, 1.82) is 0 Å². The van der Waals surface area contributed by atoms with E-state index in [2.05, 4.69) is 0 Å². The quantitative estimate of drug-likeness (QED) is 0.684. The van der Waals surface area contributed by atoms with Crippen molar-refractivity contribution in [3.8, 4) is 5.75 Å². The molecule has 0 spiro atoms. The lowest BCUT2D eigenvalue weighted by atomic mass is 9.86. The second-order valence-corrected chi connectivity index (χ2v) is 5.33. The van der Waals surface area contributed by atoms with Crippen LogP contribution < -0.4 is 10.5 Å². The van der Waals surface area contributed by atoms with Gasteiger partial charge in [-0.25, -0.2) is 4.39 Å². The number of nitrogens with zero attached hydrogens (tertiary/aromatic N) is 1. The van der Waals surface area contributed by atoms with Gasteiger partial charge in [0.25, 0.3) is 0 Å². The Morgan fingerprint density at radius 2 is 2.15 bits per heavy atom. The Morgan fingerprint density at radius 3 is 2.80 bits per heavy atom. The first-order valence-electron chi connectivity index (χ1n) is 6.53. The third kappa shape index (κ3) is 3.19. The van der Waals surface area contributed by atoms with E-state index in [0.717, 1.165) is 37.8 Å². The smallest absolute Gasteiger partial charge is 0.313 e. The van der Waals surface area contributed by atoms with Crippen LogP contribution >= 0.6 is 11.6 Å². The lowest BCUT2D eigenvalue weighted by molar-refractivity contribution is -0.386. The summed E-state index contributed by atoms with van der Waals surface area (Å²) in [7, 11) is 0. The molecule has 1 aliphatic rings. The minimum atomic E-state index is -0.829. The predicted molar refractivity (Wildman–Crippen MR) is 73.5 cm³/mol. The zero-order valence-corrected chi connectivity index (χ0v) is 11.6. The molecular formula is C13H16ClFN2O3. The minimum Gasteiger partial charge on any atom is -0.483 e. The number of hydrogen-bond donors (Lipinski definition) is 1. The van der Waals surface area contributed by atoms with Crippen molar-refractivity contribution >= 4 is 17.3 Å². The van der Waals surface area contributed by atoms with Crippen LogP contribution in [0.3, 0.4) is 0 Å². The molecule has 2 atom stereocenters. The molecule has 0 radical (unpaired) electrons. The molecule has 1 aromatic carbocycles. The van der Waals surface area contributed by atoms with Crippen molar-refractivity contribution in [2.75, 3.05) is 6.54 Å². The summed E-state index contributed by atoms with van der Waals surface area (Å²) >= 11 is 5.68. The average molecular weight is 303 g/mol. The van der Waals surface area contributed by atoms with Gasteiger partial charge in [-0.05, 0) is 25.8 Å². The molecule has 0 bridgehead atoms. The molecule has 20 heavy (non-hydrogen) atoms. The van der Waals surface area contributed by atoms with E-state index in [1.807, 2.05) is 0 Å². The van der Waals surface area contributed by atoms with E-state index in [-0.39, 0.29) is 22.8 Å². The van der Waals surface area contributed by atoms with Crippen LogP contribution in [0.25, 0.3) is 0 Å². The number of nitro groups is 1. The van der Waals surface area contributed by atoms with Crippen molar-refractivity contribution in [3.05, 3.63) is 33.1 Å². The first kappa shape index (κ1) is 15.0. The highest BCUT2D eigenvalue weighted by Gasteiger charge is 2.29. The molecular weight excluding hydrogens is 287 g/mol. The first-order chi connectivity index (χ1) is 9.52. The van der Waals surface area contributed by atoms with Crippen molar-refractivity contribution < 1.29 is 14.1 Å². The second-order valence-electron chi connectivity index (χ2n) is 4.93. The van der Waals surface area contributed by atoms with Gasteiger partial charge in [-0.3, -0.25) is 10.1 Å². The van der Waals surface area contributed by atoms with Crippen LogP contribution in [0, 0.1) is 21.8 Å². The van der Waals surface area contributed by atoms with Crippen LogP contribution in [0.2, 0.25) is 5.02 Å². The second kappa shape index (κ2) is 6.37. The Balaban J connectivity index is 2.27. The van der Waals surface area contributed by atoms with E-state index in [4.69, 9.17) is 22.1 Å². The van der Waals surface area contributed by atoms with E-state index in [9.17, 15) is 14.5 Å². The molecule has 0 saturated heterocycles. The van der Waals surface area contributed by atoms with Gasteiger partial charge in [-0.2, -0.15) is 0 Å². The molecule has 0 aliphatic heterocycles. The van der Waals surface area contributed by atoms with E-state index < -0.39 is 16.4 Å². The summed E-state index contributed by atoms with van der Waals surface area (Å²) < 4.78 is 19.0. The highest BCUT2D eigenvalue weighted by atomic mass is 35.5. The summed E-state index contributed by atoms with van der Waals surface area (Å²) in [6.07, 6.45) is 3.60. The Bertz CT molecular complexity index is 513. The lowest BCUT2D eigenvalue weighted by Gasteiger charge is -2.30. The van der Waals surface area contributed by atoms with Crippen LogP contribution in [-0.4, -0.2) is 17.6 Å². The van der Waals surface area contributed by atoms with Crippen molar-refractivity contribution in [1.82, 2.24) is 0 Å². The summed E-state index contributed by atoms with van der Waals surface area (Å²) in [5.41, 5.74) is 5.29. The Kier molecular flexibility index (Phi) is 4.77. The topological polar surface area (TPSA) is 78.4 Å². The van der Waals surface area contributed by atoms with Gasteiger partial charge in [0.1, 0.15) is 11.9 Å². The molecule has 1 aliphatic carbocycles. The number of benzene rings is 1. The lowest BCUT2D eigenvalue weighted by Crippen LogP contribution is -2.35. The summed E-state index contributed by atoms with van der Waals surface area (Å²) in [4.78, 5) is 10.3. The van der Waals surface area contributed by atoms with Crippen molar-refractivity contribution in [2.24, 2.45) is 11.7 Å². The number of nitro benzene ring substituents is 1. The monoisotopic (exact) mass is 302 g/mol. The Morgan fingerprint density at radius 1 is 1.45 bits per heavy atom. The molecule has 1 aromatic rings. The van der Waals surface area contributed by atoms with Crippen LogP contribution in [0.5, 0.6) is 5.75 Å². The summed E-state index contributed by atoms with van der Waals surface area (Å²) in [5.74, 6) is -0.663. The standard InChI is InChI=1S/C13H16ClFN2O3/c14-9-5-13(11(17(18)19)6-10(9)15)20-12-4-2-1-3-8(12)7-16/h5-6,8,12H,1-4,7,16H2. The molecule has 5 nitrogen and oxygen atoms in total. The largest absolute Gasteiger partial charge is 0.483 e. The highest BCUT2D eigenvalue weighted by Crippen LogP contribution is 2.36. The number of ether oxygens (including phenoxy) is 1. The van der Waals surface area contributed by atoms with Crippen LogP contribution in [0.15, 0.2) is 12.1 Å².